The third-order valence-corrected chi connectivity index (χ3v) is 3.60. The Bertz CT molecular complexity index is 614. The van der Waals surface area contributed by atoms with Crippen LogP contribution in [0.1, 0.15) is 31.2 Å². The van der Waals surface area contributed by atoms with E-state index in [0.717, 1.165) is 36.3 Å². The van der Waals surface area contributed by atoms with E-state index in [1.54, 1.807) is 0 Å². The number of carbonyl (C=O) groups excluding carboxylic acids is 1. The van der Waals surface area contributed by atoms with Gasteiger partial charge in [0, 0.05) is 17.5 Å². The lowest BCUT2D eigenvalue weighted by atomic mass is 10.0. The van der Waals surface area contributed by atoms with Crippen molar-refractivity contribution >= 4 is 27.3 Å². The molecule has 0 saturated heterocycles. The van der Waals surface area contributed by atoms with Crippen LogP contribution in [0.15, 0.2) is 18.2 Å². The van der Waals surface area contributed by atoms with E-state index >= 15 is 0 Å². The fourth-order valence-corrected chi connectivity index (χ4v) is 2.42. The monoisotopic (exact) mass is 295 g/mol. The van der Waals surface area contributed by atoms with Crippen molar-refractivity contribution < 1.29 is 17.9 Å². The molecule has 1 aliphatic heterocycles. The molecule has 1 heterocycles. The summed E-state index contributed by atoms with van der Waals surface area (Å²) in [6.07, 6.45) is 3.40. The fourth-order valence-electron chi connectivity index (χ4n) is 2.07. The van der Waals surface area contributed by atoms with Crippen LogP contribution >= 0.6 is 0 Å². The van der Waals surface area contributed by atoms with Crippen molar-refractivity contribution in [3.63, 3.8) is 0 Å². The van der Waals surface area contributed by atoms with E-state index < -0.39 is 10.3 Å². The minimum absolute atomic E-state index is 0.0539. The molecule has 0 radical (unpaired) electrons. The van der Waals surface area contributed by atoms with E-state index in [2.05, 4.69) is 5.32 Å². The van der Waals surface area contributed by atoms with Gasteiger partial charge in [-0.2, -0.15) is 8.42 Å². The Balaban J connectivity index is 1.79. The second kappa shape index (κ2) is 7.09. The Hall–Kier alpha value is -1.82. The zero-order valence-electron chi connectivity index (χ0n) is 11.1. The summed E-state index contributed by atoms with van der Waals surface area (Å²) in [5, 5.41) is 4.09. The number of carbonyl (C=O) groups is 1. The van der Waals surface area contributed by atoms with E-state index in [1.165, 1.54) is 5.37 Å². The Morgan fingerprint density at radius 1 is 1.25 bits per heavy atom. The Morgan fingerprint density at radius 3 is 2.90 bits per heavy atom. The quantitative estimate of drug-likeness (QED) is 0.641. The number of benzene rings is 1. The number of aryl methyl sites for hydroxylation is 1. The Kier molecular flexibility index (Phi) is 5.17. The summed E-state index contributed by atoms with van der Waals surface area (Å²) in [5.74, 6) is 0.842. The van der Waals surface area contributed by atoms with Crippen LogP contribution in [0, 0.1) is 0 Å². The first-order chi connectivity index (χ1) is 9.65. The van der Waals surface area contributed by atoms with Crippen molar-refractivity contribution in [1.29, 1.82) is 0 Å². The molecule has 2 rings (SSSR count). The highest BCUT2D eigenvalue weighted by Gasteiger charge is 2.14. The Morgan fingerprint density at radius 2 is 2.10 bits per heavy atom. The molecule has 0 atom stereocenters. The van der Waals surface area contributed by atoms with Gasteiger partial charge in [0.05, 0.1) is 6.61 Å². The number of nitrogens with one attached hydrogen (secondary N) is 1. The second-order valence-corrected chi connectivity index (χ2v) is 5.49. The summed E-state index contributed by atoms with van der Waals surface area (Å²) in [7, 11) is -2.06. The average molecular weight is 295 g/mol. The number of anilines is 1. The van der Waals surface area contributed by atoms with E-state index in [-0.39, 0.29) is 5.91 Å². The summed E-state index contributed by atoms with van der Waals surface area (Å²) in [6.45, 7) is 0.560. The predicted molar refractivity (Wildman–Crippen MR) is 77.7 cm³/mol. The highest BCUT2D eigenvalue weighted by molar-refractivity contribution is 7.71. The van der Waals surface area contributed by atoms with Crippen LogP contribution in [0.25, 0.3) is 0 Å². The highest BCUT2D eigenvalue weighted by Crippen LogP contribution is 2.26. The van der Waals surface area contributed by atoms with Gasteiger partial charge >= 0.3 is 0 Å². The van der Waals surface area contributed by atoms with Crippen molar-refractivity contribution in [2.75, 3.05) is 11.9 Å². The van der Waals surface area contributed by atoms with Gasteiger partial charge in [-0.15, -0.1) is 0 Å². The van der Waals surface area contributed by atoms with Gasteiger partial charge in [-0.3, -0.25) is 4.79 Å². The molecule has 1 aromatic rings. The number of rotatable bonds is 6. The molecular formula is C14H17NO4S. The maximum atomic E-state index is 11.2. The fraction of sp³-hybridized carbons (Fsp3) is 0.429. The van der Waals surface area contributed by atoms with Gasteiger partial charge in [-0.1, -0.05) is 0 Å². The molecule has 0 aromatic heterocycles. The van der Waals surface area contributed by atoms with Gasteiger partial charge in [0.1, 0.15) is 5.75 Å². The van der Waals surface area contributed by atoms with Gasteiger partial charge in [0.2, 0.25) is 16.2 Å². The van der Waals surface area contributed by atoms with Gasteiger partial charge in [-0.25, -0.2) is 0 Å². The first kappa shape index (κ1) is 14.6. The molecule has 0 saturated carbocycles. The molecule has 0 bridgehead atoms. The third kappa shape index (κ3) is 4.38. The molecule has 1 amide bonds. The predicted octanol–water partition coefficient (Wildman–Crippen LogP) is 1.80. The Labute approximate surface area is 119 Å². The molecule has 1 N–H and O–H groups in total. The maximum Gasteiger partial charge on any atom is 0.224 e. The number of hydrogen-bond donors (Lipinski definition) is 1. The molecule has 0 aliphatic carbocycles. The lowest BCUT2D eigenvalue weighted by Crippen LogP contribution is -2.18. The van der Waals surface area contributed by atoms with Crippen molar-refractivity contribution in [3.8, 4) is 5.75 Å². The lowest BCUT2D eigenvalue weighted by molar-refractivity contribution is -0.116. The molecule has 5 nitrogen and oxygen atoms in total. The van der Waals surface area contributed by atoms with E-state index in [4.69, 9.17) is 4.74 Å². The summed E-state index contributed by atoms with van der Waals surface area (Å²) in [6, 6.07) is 5.65. The van der Waals surface area contributed by atoms with Gasteiger partial charge in [0.25, 0.3) is 0 Å². The van der Waals surface area contributed by atoms with Crippen LogP contribution in [0.5, 0.6) is 5.75 Å². The van der Waals surface area contributed by atoms with Crippen LogP contribution in [-0.4, -0.2) is 26.3 Å². The summed E-state index contributed by atoms with van der Waals surface area (Å²) in [4.78, 5) is 11.2. The van der Waals surface area contributed by atoms with Crippen LogP contribution in [0.4, 0.5) is 5.69 Å². The molecule has 6 heteroatoms. The largest absolute Gasteiger partial charge is 0.494 e. The zero-order valence-corrected chi connectivity index (χ0v) is 11.9. The SMILES string of the molecule is O=C1CCc2cc(OCCCCC=S(=O)=O)ccc2N1. The highest BCUT2D eigenvalue weighted by atomic mass is 32.2. The molecule has 108 valence electrons. The second-order valence-electron chi connectivity index (χ2n) is 4.64. The first-order valence-electron chi connectivity index (χ1n) is 6.62. The number of hydrogen-bond acceptors (Lipinski definition) is 4. The minimum atomic E-state index is -2.06. The number of unbranched alkanes of at least 4 members (excludes halogenated alkanes) is 2. The molecule has 0 fully saturated rings. The molecule has 1 aromatic carbocycles. The van der Waals surface area contributed by atoms with Crippen molar-refractivity contribution in [2.24, 2.45) is 0 Å². The van der Waals surface area contributed by atoms with Crippen LogP contribution in [0.3, 0.4) is 0 Å². The molecule has 1 aliphatic rings. The topological polar surface area (TPSA) is 72.5 Å². The van der Waals surface area contributed by atoms with Gasteiger partial charge < -0.3 is 10.1 Å². The van der Waals surface area contributed by atoms with Crippen LogP contribution in [-0.2, 0) is 21.5 Å². The smallest absolute Gasteiger partial charge is 0.224 e. The zero-order chi connectivity index (χ0) is 14.4. The maximum absolute atomic E-state index is 11.2. The number of fused-ring (bicyclic) bond motifs is 1. The first-order valence-corrected chi connectivity index (χ1v) is 7.76. The normalized spacial score (nSPS) is 13.3. The van der Waals surface area contributed by atoms with Crippen molar-refractivity contribution in [3.05, 3.63) is 23.8 Å². The van der Waals surface area contributed by atoms with Crippen molar-refractivity contribution in [1.82, 2.24) is 0 Å². The molecular weight excluding hydrogens is 278 g/mol. The van der Waals surface area contributed by atoms with E-state index in [0.29, 0.717) is 19.4 Å². The van der Waals surface area contributed by atoms with Crippen LogP contribution in [0.2, 0.25) is 0 Å². The molecule has 20 heavy (non-hydrogen) atoms. The summed E-state index contributed by atoms with van der Waals surface area (Å²) < 4.78 is 26.2. The molecule has 0 unspecified atom stereocenters. The number of amides is 1. The van der Waals surface area contributed by atoms with Gasteiger partial charge in [-0.05, 0) is 49.4 Å². The molecule has 0 spiro atoms. The van der Waals surface area contributed by atoms with E-state index in [1.807, 2.05) is 18.2 Å². The van der Waals surface area contributed by atoms with Crippen LogP contribution < -0.4 is 10.1 Å². The lowest BCUT2D eigenvalue weighted by Gasteiger charge is -2.17. The summed E-state index contributed by atoms with van der Waals surface area (Å²) in [5.41, 5.74) is 1.96. The number of ether oxygens (including phenoxy) is 1. The van der Waals surface area contributed by atoms with Crippen molar-refractivity contribution in [2.45, 2.75) is 32.1 Å². The summed E-state index contributed by atoms with van der Waals surface area (Å²) >= 11 is 0. The standard InChI is InChI=1S/C14H17NO4S/c16-14-7-4-11-10-12(5-6-13(11)15-14)19-8-2-1-3-9-20(17)18/h5-6,9-10H,1-4,7-8H2,(H,15,16). The third-order valence-electron chi connectivity index (χ3n) is 3.09. The van der Waals surface area contributed by atoms with Gasteiger partial charge in [0.15, 0.2) is 0 Å². The van der Waals surface area contributed by atoms with E-state index in [9.17, 15) is 13.2 Å². The minimum Gasteiger partial charge on any atom is -0.494 e. The average Bonchev–Trinajstić information content (AvgIpc) is 2.42.